The summed E-state index contributed by atoms with van der Waals surface area (Å²) < 4.78 is 10.2. The predicted molar refractivity (Wildman–Crippen MR) is 128 cm³/mol. The molecular formula is C24H43N3O7. The molecule has 0 aromatic rings. The van der Waals surface area contributed by atoms with E-state index in [1.165, 1.54) is 4.90 Å². The Labute approximate surface area is 203 Å². The lowest BCUT2D eigenvalue weighted by Crippen LogP contribution is -2.53. The highest BCUT2D eigenvalue weighted by Crippen LogP contribution is 2.31. The number of hydrogen-bond acceptors (Lipinski definition) is 7. The smallest absolute Gasteiger partial charge is 0.410 e. The topological polar surface area (TPSA) is 125 Å². The number of rotatable bonds is 4. The van der Waals surface area contributed by atoms with E-state index in [1.807, 2.05) is 41.5 Å². The first-order chi connectivity index (χ1) is 15.6. The van der Waals surface area contributed by atoms with Gasteiger partial charge in [-0.05, 0) is 46.0 Å². The maximum Gasteiger partial charge on any atom is 0.410 e. The number of amides is 2. The van der Waals surface area contributed by atoms with Crippen molar-refractivity contribution in [3.63, 3.8) is 0 Å². The Morgan fingerprint density at radius 1 is 1.06 bits per heavy atom. The van der Waals surface area contributed by atoms with Crippen molar-refractivity contribution in [3.05, 3.63) is 0 Å². The molecule has 1 unspecified atom stereocenters. The minimum atomic E-state index is -0.871. The van der Waals surface area contributed by atoms with Crippen LogP contribution in [0.15, 0.2) is 0 Å². The lowest BCUT2D eigenvalue weighted by atomic mass is 9.80. The Bertz CT molecular complexity index is 704. The molecule has 1 atom stereocenters. The molecule has 0 aromatic heterocycles. The van der Waals surface area contributed by atoms with E-state index >= 15 is 0 Å². The van der Waals surface area contributed by atoms with E-state index in [9.17, 15) is 19.2 Å². The highest BCUT2D eigenvalue weighted by molar-refractivity contribution is 5.82. The molecule has 10 nitrogen and oxygen atoms in total. The number of Topliss-reactive ketones (excluding diaryl/α,β-unsaturated/α-hetero) is 1. The average molecular weight is 486 g/mol. The fourth-order valence-electron chi connectivity index (χ4n) is 3.86. The molecule has 2 N–H and O–H groups in total. The number of carbonyl (C=O) groups is 4. The summed E-state index contributed by atoms with van der Waals surface area (Å²) in [6.45, 7) is 15.6. The fourth-order valence-corrected chi connectivity index (χ4v) is 3.86. The van der Waals surface area contributed by atoms with Crippen LogP contribution >= 0.6 is 0 Å². The molecule has 10 heteroatoms. The van der Waals surface area contributed by atoms with Crippen molar-refractivity contribution in [2.45, 2.75) is 91.8 Å². The van der Waals surface area contributed by atoms with Gasteiger partial charge in [0.1, 0.15) is 11.4 Å². The molecule has 2 fully saturated rings. The summed E-state index contributed by atoms with van der Waals surface area (Å²) in [5, 5.41) is 11.8. The molecule has 0 radical (unpaired) electrons. The van der Waals surface area contributed by atoms with Crippen LogP contribution in [0.3, 0.4) is 0 Å². The van der Waals surface area contributed by atoms with Crippen LogP contribution in [0.1, 0.15) is 74.1 Å². The first-order valence-electron chi connectivity index (χ1n) is 12.0. The number of esters is 1. The Kier molecular flexibility index (Phi) is 11.3. The SMILES string of the molecule is CC(C)(C)OC(=O)N1CCC(=O)CC1C(C)(C)C.CCOC(=O)CNC1CCN(C(=O)O)CC1. The van der Waals surface area contributed by atoms with E-state index in [-0.39, 0.29) is 41.9 Å². The van der Waals surface area contributed by atoms with Gasteiger partial charge in [0.25, 0.3) is 0 Å². The zero-order chi connectivity index (χ0) is 26.1. The van der Waals surface area contributed by atoms with E-state index in [0.29, 0.717) is 39.1 Å². The van der Waals surface area contributed by atoms with Gasteiger partial charge < -0.3 is 29.7 Å². The molecule has 0 aliphatic carbocycles. The lowest BCUT2D eigenvalue weighted by molar-refractivity contribution is -0.142. The van der Waals surface area contributed by atoms with Gasteiger partial charge in [-0.3, -0.25) is 9.59 Å². The van der Waals surface area contributed by atoms with Crippen molar-refractivity contribution >= 4 is 23.9 Å². The molecule has 2 amide bonds. The molecule has 2 heterocycles. The number of nitrogens with zero attached hydrogens (tertiary/aromatic N) is 2. The van der Waals surface area contributed by atoms with Crippen LogP contribution in [0.5, 0.6) is 0 Å². The minimum Gasteiger partial charge on any atom is -0.465 e. The molecule has 2 aliphatic heterocycles. The average Bonchev–Trinajstić information content (AvgIpc) is 2.71. The van der Waals surface area contributed by atoms with Crippen molar-refractivity contribution in [2.75, 3.05) is 32.8 Å². The molecule has 34 heavy (non-hydrogen) atoms. The second-order valence-electron chi connectivity index (χ2n) is 10.8. The van der Waals surface area contributed by atoms with Crippen molar-refractivity contribution in [3.8, 4) is 0 Å². The van der Waals surface area contributed by atoms with Gasteiger partial charge >= 0.3 is 18.2 Å². The second-order valence-corrected chi connectivity index (χ2v) is 10.8. The van der Waals surface area contributed by atoms with Gasteiger partial charge in [0.05, 0.1) is 13.2 Å². The number of ketones is 1. The quantitative estimate of drug-likeness (QED) is 0.581. The predicted octanol–water partition coefficient (Wildman–Crippen LogP) is 3.28. The van der Waals surface area contributed by atoms with Gasteiger partial charge in [-0.15, -0.1) is 0 Å². The summed E-state index contributed by atoms with van der Waals surface area (Å²) >= 11 is 0. The standard InChI is InChI=1S/C14H25NO3.C10H18N2O4/c1-13(2,3)11-9-10(16)7-8-15(11)12(17)18-14(4,5)6;1-2-16-9(13)7-11-8-3-5-12(6-4-8)10(14)15/h11H,7-9H2,1-6H3;8,11H,2-7H2,1H3,(H,14,15). The van der Waals surface area contributed by atoms with Crippen molar-refractivity contribution in [1.82, 2.24) is 15.1 Å². The van der Waals surface area contributed by atoms with E-state index < -0.39 is 11.7 Å². The zero-order valence-electron chi connectivity index (χ0n) is 21.8. The van der Waals surface area contributed by atoms with E-state index in [1.54, 1.807) is 11.8 Å². The second kappa shape index (κ2) is 12.9. The Hall–Kier alpha value is -2.36. The molecule has 0 aromatic carbocycles. The summed E-state index contributed by atoms with van der Waals surface area (Å²) in [5.41, 5.74) is -0.617. The molecule has 196 valence electrons. The third-order valence-corrected chi connectivity index (χ3v) is 5.66. The fraction of sp³-hybridized carbons (Fsp3) is 0.833. The van der Waals surface area contributed by atoms with Gasteiger partial charge in [0.2, 0.25) is 0 Å². The number of hydrogen-bond donors (Lipinski definition) is 2. The molecule has 0 saturated carbocycles. The number of nitrogens with one attached hydrogen (secondary N) is 1. The van der Waals surface area contributed by atoms with Crippen LogP contribution in [0.25, 0.3) is 0 Å². The number of piperidine rings is 2. The lowest BCUT2D eigenvalue weighted by Gasteiger charge is -2.42. The van der Waals surface area contributed by atoms with Crippen LogP contribution in [-0.2, 0) is 19.1 Å². The Morgan fingerprint density at radius 3 is 2.12 bits per heavy atom. The van der Waals surface area contributed by atoms with Crippen molar-refractivity contribution in [1.29, 1.82) is 0 Å². The summed E-state index contributed by atoms with van der Waals surface area (Å²) in [6, 6.07) is 0.133. The third kappa shape index (κ3) is 10.7. The van der Waals surface area contributed by atoms with Gasteiger partial charge in [0.15, 0.2) is 0 Å². The molecule has 2 aliphatic rings. The summed E-state index contributed by atoms with van der Waals surface area (Å²) in [5.74, 6) is -0.0297. The third-order valence-electron chi connectivity index (χ3n) is 5.66. The number of carbonyl (C=O) groups excluding carboxylic acids is 3. The van der Waals surface area contributed by atoms with E-state index in [4.69, 9.17) is 14.6 Å². The summed E-state index contributed by atoms with van der Waals surface area (Å²) in [6.07, 6.45) is 1.17. The maximum absolute atomic E-state index is 12.2. The minimum absolute atomic E-state index is 0.0754. The van der Waals surface area contributed by atoms with Crippen LogP contribution in [0.2, 0.25) is 0 Å². The highest BCUT2D eigenvalue weighted by Gasteiger charge is 2.39. The largest absolute Gasteiger partial charge is 0.465 e. The number of carboxylic acid groups (broad SMARTS) is 1. The highest BCUT2D eigenvalue weighted by atomic mass is 16.6. The van der Waals surface area contributed by atoms with Crippen LogP contribution in [0.4, 0.5) is 9.59 Å². The van der Waals surface area contributed by atoms with Gasteiger partial charge in [-0.1, -0.05) is 20.8 Å². The van der Waals surface area contributed by atoms with Gasteiger partial charge in [0, 0.05) is 44.6 Å². The maximum atomic E-state index is 12.2. The van der Waals surface area contributed by atoms with Crippen LogP contribution < -0.4 is 5.32 Å². The zero-order valence-corrected chi connectivity index (χ0v) is 21.8. The van der Waals surface area contributed by atoms with Crippen LogP contribution in [-0.4, -0.2) is 89.3 Å². The van der Waals surface area contributed by atoms with Crippen molar-refractivity contribution < 1.29 is 33.8 Å². The molecule has 2 rings (SSSR count). The normalized spacial score (nSPS) is 19.7. The molecular weight excluding hydrogens is 442 g/mol. The Balaban J connectivity index is 0.000000342. The van der Waals surface area contributed by atoms with Crippen molar-refractivity contribution in [2.24, 2.45) is 5.41 Å². The summed E-state index contributed by atoms with van der Waals surface area (Å²) in [7, 11) is 0. The number of ether oxygens (including phenoxy) is 2. The van der Waals surface area contributed by atoms with Gasteiger partial charge in [-0.2, -0.15) is 0 Å². The molecule has 2 saturated heterocycles. The monoisotopic (exact) mass is 485 g/mol. The molecule has 0 spiro atoms. The van der Waals surface area contributed by atoms with Crippen LogP contribution in [0, 0.1) is 5.41 Å². The first-order valence-corrected chi connectivity index (χ1v) is 12.0. The van der Waals surface area contributed by atoms with Gasteiger partial charge in [-0.25, -0.2) is 9.59 Å². The summed E-state index contributed by atoms with van der Waals surface area (Å²) in [4.78, 5) is 48.6. The first kappa shape index (κ1) is 29.7. The van der Waals surface area contributed by atoms with E-state index in [0.717, 1.165) is 12.8 Å². The van der Waals surface area contributed by atoms with E-state index in [2.05, 4.69) is 5.32 Å². The number of likely N-dealkylation sites (tertiary alicyclic amines) is 2. The molecule has 0 bridgehead atoms. The Morgan fingerprint density at radius 2 is 1.65 bits per heavy atom.